The van der Waals surface area contributed by atoms with Crippen molar-refractivity contribution in [2.75, 3.05) is 11.9 Å². The van der Waals surface area contributed by atoms with E-state index >= 15 is 0 Å². The third-order valence-electron chi connectivity index (χ3n) is 3.65. The van der Waals surface area contributed by atoms with Crippen molar-refractivity contribution in [3.8, 4) is 0 Å². The topological polar surface area (TPSA) is 67.4 Å². The lowest BCUT2D eigenvalue weighted by atomic mass is 10.1. The summed E-state index contributed by atoms with van der Waals surface area (Å²) in [5.41, 5.74) is 2.76. The molecule has 2 aromatic carbocycles. The van der Waals surface area contributed by atoms with E-state index in [0.717, 1.165) is 18.4 Å². The summed E-state index contributed by atoms with van der Waals surface area (Å²) in [6, 6.07) is 13.9. The number of hydrogen-bond donors (Lipinski definition) is 2. The highest BCUT2D eigenvalue weighted by Gasteiger charge is 2.09. The van der Waals surface area contributed by atoms with Crippen molar-refractivity contribution < 1.29 is 14.3 Å². The van der Waals surface area contributed by atoms with Crippen LogP contribution in [0.15, 0.2) is 48.5 Å². The van der Waals surface area contributed by atoms with Gasteiger partial charge in [-0.15, -0.1) is 0 Å². The van der Waals surface area contributed by atoms with Crippen LogP contribution in [-0.2, 0) is 4.74 Å². The van der Waals surface area contributed by atoms with Gasteiger partial charge in [-0.25, -0.2) is 4.79 Å². The number of thiocarbonyl (C=S) groups is 1. The first-order valence-corrected chi connectivity index (χ1v) is 8.86. The van der Waals surface area contributed by atoms with Gasteiger partial charge in [0.1, 0.15) is 0 Å². The lowest BCUT2D eigenvalue weighted by Gasteiger charge is -2.10. The minimum atomic E-state index is -0.347. The molecule has 0 aromatic heterocycles. The maximum absolute atomic E-state index is 12.1. The van der Waals surface area contributed by atoms with Crippen molar-refractivity contribution in [3.05, 3.63) is 65.2 Å². The normalized spacial score (nSPS) is 10.1. The molecular weight excluding hydrogens is 348 g/mol. The lowest BCUT2D eigenvalue weighted by molar-refractivity contribution is 0.0499. The molecule has 0 saturated heterocycles. The number of nitrogens with one attached hydrogen (secondary N) is 2. The minimum absolute atomic E-state index is 0.189. The monoisotopic (exact) mass is 370 g/mol. The van der Waals surface area contributed by atoms with Gasteiger partial charge < -0.3 is 10.1 Å². The summed E-state index contributed by atoms with van der Waals surface area (Å²) in [6.45, 7) is 4.41. The number of hydrogen-bond acceptors (Lipinski definition) is 4. The summed E-state index contributed by atoms with van der Waals surface area (Å²) >= 11 is 5.16. The molecule has 136 valence electrons. The second-order valence-corrected chi connectivity index (χ2v) is 6.25. The van der Waals surface area contributed by atoms with E-state index in [1.165, 1.54) is 0 Å². The van der Waals surface area contributed by atoms with Crippen LogP contribution in [0.25, 0.3) is 0 Å². The van der Waals surface area contributed by atoms with Crippen molar-refractivity contribution >= 4 is 34.9 Å². The maximum Gasteiger partial charge on any atom is 0.338 e. The third kappa shape index (κ3) is 5.97. The molecule has 2 aromatic rings. The Bertz CT molecular complexity index is 771. The molecule has 0 saturated carbocycles. The maximum atomic E-state index is 12.1. The number of benzene rings is 2. The predicted molar refractivity (Wildman–Crippen MR) is 106 cm³/mol. The highest BCUT2D eigenvalue weighted by atomic mass is 32.1. The predicted octanol–water partition coefficient (Wildman–Crippen LogP) is 4.08. The largest absolute Gasteiger partial charge is 0.462 e. The van der Waals surface area contributed by atoms with Crippen molar-refractivity contribution in [3.63, 3.8) is 0 Å². The number of carbonyl (C=O) groups is 2. The summed E-state index contributed by atoms with van der Waals surface area (Å²) in [6.07, 6.45) is 1.82. The molecule has 0 heterocycles. The van der Waals surface area contributed by atoms with Gasteiger partial charge in [0.25, 0.3) is 5.91 Å². The average molecular weight is 370 g/mol. The Kier molecular flexibility index (Phi) is 7.29. The molecule has 6 heteroatoms. The quantitative estimate of drug-likeness (QED) is 0.456. The van der Waals surface area contributed by atoms with Crippen molar-refractivity contribution in [2.24, 2.45) is 0 Å². The summed E-state index contributed by atoms with van der Waals surface area (Å²) < 4.78 is 5.16. The molecule has 2 N–H and O–H groups in total. The summed E-state index contributed by atoms with van der Waals surface area (Å²) in [5.74, 6) is -0.626. The molecule has 0 aliphatic carbocycles. The molecule has 0 aliphatic rings. The molecular formula is C20H22N2O3S. The Morgan fingerprint density at radius 3 is 2.23 bits per heavy atom. The minimum Gasteiger partial charge on any atom is -0.462 e. The zero-order valence-electron chi connectivity index (χ0n) is 14.9. The van der Waals surface area contributed by atoms with Crippen LogP contribution in [-0.4, -0.2) is 23.6 Å². The SMILES string of the molecule is CCCCOC(=O)c1ccc(NC(=S)NC(=O)c2ccc(C)cc2)cc1. The van der Waals surface area contributed by atoms with Gasteiger partial charge in [0.05, 0.1) is 12.2 Å². The molecule has 26 heavy (non-hydrogen) atoms. The summed E-state index contributed by atoms with van der Waals surface area (Å²) in [5, 5.41) is 5.73. The molecule has 0 bridgehead atoms. The van der Waals surface area contributed by atoms with Crippen LogP contribution >= 0.6 is 12.2 Å². The van der Waals surface area contributed by atoms with Crippen LogP contribution in [0.3, 0.4) is 0 Å². The van der Waals surface area contributed by atoms with Crippen molar-refractivity contribution in [1.29, 1.82) is 0 Å². The van der Waals surface area contributed by atoms with Crippen LogP contribution < -0.4 is 10.6 Å². The second kappa shape index (κ2) is 9.68. The lowest BCUT2D eigenvalue weighted by Crippen LogP contribution is -2.34. The number of ether oxygens (including phenoxy) is 1. The Balaban J connectivity index is 1.87. The zero-order chi connectivity index (χ0) is 18.9. The standard InChI is InChI=1S/C20H22N2O3S/c1-3-4-13-25-19(24)16-9-11-17(12-10-16)21-20(26)22-18(23)15-7-5-14(2)6-8-15/h5-12H,3-4,13H2,1-2H3,(H2,21,22,23,26). The Morgan fingerprint density at radius 1 is 1.00 bits per heavy atom. The first-order valence-electron chi connectivity index (χ1n) is 8.46. The molecule has 1 amide bonds. The highest BCUT2D eigenvalue weighted by molar-refractivity contribution is 7.80. The number of carbonyl (C=O) groups excluding carboxylic acids is 2. The fourth-order valence-corrected chi connectivity index (χ4v) is 2.34. The molecule has 0 aliphatic heterocycles. The van der Waals surface area contributed by atoms with Gasteiger partial charge in [-0.2, -0.15) is 0 Å². The third-order valence-corrected chi connectivity index (χ3v) is 3.85. The van der Waals surface area contributed by atoms with E-state index in [1.807, 2.05) is 26.0 Å². The number of unbranched alkanes of at least 4 members (excludes halogenated alkanes) is 1. The van der Waals surface area contributed by atoms with Gasteiger partial charge in [-0.1, -0.05) is 31.0 Å². The Hall–Kier alpha value is -2.73. The van der Waals surface area contributed by atoms with Crippen molar-refractivity contribution in [1.82, 2.24) is 5.32 Å². The summed E-state index contributed by atoms with van der Waals surface area (Å²) in [4.78, 5) is 24.0. The van der Waals surface area contributed by atoms with E-state index in [0.29, 0.717) is 23.4 Å². The van der Waals surface area contributed by atoms with Crippen molar-refractivity contribution in [2.45, 2.75) is 26.7 Å². The van der Waals surface area contributed by atoms with Crippen LogP contribution in [0.4, 0.5) is 5.69 Å². The average Bonchev–Trinajstić information content (AvgIpc) is 2.62. The molecule has 0 radical (unpaired) electrons. The van der Waals surface area contributed by atoms with Gasteiger partial charge >= 0.3 is 5.97 Å². The first-order chi connectivity index (χ1) is 12.5. The van der Waals surface area contributed by atoms with E-state index < -0.39 is 0 Å². The van der Waals surface area contributed by atoms with E-state index in [1.54, 1.807) is 36.4 Å². The Morgan fingerprint density at radius 2 is 1.62 bits per heavy atom. The van der Waals surface area contributed by atoms with Gasteiger partial charge in [0, 0.05) is 11.3 Å². The molecule has 0 fully saturated rings. The van der Waals surface area contributed by atoms with E-state index in [9.17, 15) is 9.59 Å². The van der Waals surface area contributed by atoms with E-state index in [2.05, 4.69) is 10.6 Å². The fraction of sp³-hybridized carbons (Fsp3) is 0.250. The number of rotatable bonds is 6. The van der Waals surface area contributed by atoms with Crippen LogP contribution in [0.2, 0.25) is 0 Å². The molecule has 0 atom stereocenters. The number of aryl methyl sites for hydroxylation is 1. The van der Waals surface area contributed by atoms with Crippen LogP contribution in [0.1, 0.15) is 46.0 Å². The zero-order valence-corrected chi connectivity index (χ0v) is 15.7. The summed E-state index contributed by atoms with van der Waals surface area (Å²) in [7, 11) is 0. The smallest absolute Gasteiger partial charge is 0.338 e. The molecule has 2 rings (SSSR count). The van der Waals surface area contributed by atoms with E-state index in [4.69, 9.17) is 17.0 Å². The first kappa shape index (κ1) is 19.6. The van der Waals surface area contributed by atoms with Gasteiger partial charge in [-0.3, -0.25) is 10.1 Å². The Labute approximate surface area is 158 Å². The molecule has 5 nitrogen and oxygen atoms in total. The highest BCUT2D eigenvalue weighted by Crippen LogP contribution is 2.11. The van der Waals surface area contributed by atoms with Gasteiger partial charge in [0.2, 0.25) is 0 Å². The fourth-order valence-electron chi connectivity index (χ4n) is 2.12. The van der Waals surface area contributed by atoms with Gasteiger partial charge in [-0.05, 0) is 62.0 Å². The van der Waals surface area contributed by atoms with Crippen LogP contribution in [0, 0.1) is 6.92 Å². The van der Waals surface area contributed by atoms with Crippen LogP contribution in [0.5, 0.6) is 0 Å². The second-order valence-electron chi connectivity index (χ2n) is 5.84. The number of esters is 1. The van der Waals surface area contributed by atoms with E-state index in [-0.39, 0.29) is 17.0 Å². The van der Waals surface area contributed by atoms with Gasteiger partial charge in [0.15, 0.2) is 5.11 Å². The number of anilines is 1. The molecule has 0 unspecified atom stereocenters. The molecule has 0 spiro atoms. The number of amides is 1.